The van der Waals surface area contributed by atoms with Gasteiger partial charge in [0.25, 0.3) is 0 Å². The van der Waals surface area contributed by atoms with Crippen LogP contribution >= 0.6 is 0 Å². The second-order valence-electron chi connectivity index (χ2n) is 6.43. The molecule has 6 heteroatoms. The number of benzene rings is 1. The molecule has 6 nitrogen and oxygen atoms in total. The highest BCUT2D eigenvalue weighted by Crippen LogP contribution is 2.28. The smallest absolute Gasteiger partial charge is 0.319 e. The van der Waals surface area contributed by atoms with Crippen LogP contribution in [0.2, 0.25) is 0 Å². The SMILES string of the molecule is Cc1noc(C)c1[C@@H](C)NC(=O)Nc1ccc2c(c1)CCCN2C. The standard InChI is InChI=1S/C18H24N4O2/c1-11(17-12(2)21-24-13(17)3)19-18(23)20-15-7-8-16-14(10-15)6-5-9-22(16)4/h7-8,10-11H,5-6,9H2,1-4H3,(H2,19,20,23)/t11-/m1/s1. The summed E-state index contributed by atoms with van der Waals surface area (Å²) in [6.07, 6.45) is 2.19. The van der Waals surface area contributed by atoms with E-state index in [1.165, 1.54) is 11.3 Å². The van der Waals surface area contributed by atoms with Crippen molar-refractivity contribution in [3.8, 4) is 0 Å². The van der Waals surface area contributed by atoms with Gasteiger partial charge in [-0.3, -0.25) is 0 Å². The van der Waals surface area contributed by atoms with E-state index >= 15 is 0 Å². The molecule has 0 bridgehead atoms. The number of aromatic nitrogens is 1. The number of amides is 2. The lowest BCUT2D eigenvalue weighted by molar-refractivity contribution is 0.249. The number of nitrogens with one attached hydrogen (secondary N) is 2. The van der Waals surface area contributed by atoms with Gasteiger partial charge in [0.05, 0.1) is 11.7 Å². The van der Waals surface area contributed by atoms with Gasteiger partial charge in [-0.05, 0) is 57.4 Å². The Balaban J connectivity index is 1.67. The summed E-state index contributed by atoms with van der Waals surface area (Å²) >= 11 is 0. The van der Waals surface area contributed by atoms with Gasteiger partial charge >= 0.3 is 6.03 Å². The number of rotatable bonds is 3. The minimum Gasteiger partial charge on any atom is -0.374 e. The minimum absolute atomic E-state index is 0.167. The van der Waals surface area contributed by atoms with Crippen LogP contribution in [-0.2, 0) is 6.42 Å². The lowest BCUT2D eigenvalue weighted by atomic mass is 10.0. The molecule has 3 rings (SSSR count). The van der Waals surface area contributed by atoms with E-state index in [4.69, 9.17) is 4.52 Å². The maximum atomic E-state index is 12.3. The van der Waals surface area contributed by atoms with E-state index in [1.54, 1.807) is 0 Å². The molecule has 128 valence electrons. The molecule has 0 unspecified atom stereocenters. The van der Waals surface area contributed by atoms with E-state index in [2.05, 4.69) is 39.9 Å². The fourth-order valence-corrected chi connectivity index (χ4v) is 3.41. The Kier molecular flexibility index (Phi) is 4.46. The van der Waals surface area contributed by atoms with Gasteiger partial charge in [-0.1, -0.05) is 5.16 Å². The van der Waals surface area contributed by atoms with Crippen molar-refractivity contribution >= 4 is 17.4 Å². The van der Waals surface area contributed by atoms with Gasteiger partial charge in [-0.25, -0.2) is 4.79 Å². The highest BCUT2D eigenvalue weighted by molar-refractivity contribution is 5.90. The molecule has 1 aromatic carbocycles. The average molecular weight is 328 g/mol. The van der Waals surface area contributed by atoms with Crippen molar-refractivity contribution in [1.82, 2.24) is 10.5 Å². The van der Waals surface area contributed by atoms with Crippen LogP contribution in [0.3, 0.4) is 0 Å². The molecule has 0 aliphatic carbocycles. The van der Waals surface area contributed by atoms with Crippen LogP contribution in [0, 0.1) is 13.8 Å². The van der Waals surface area contributed by atoms with E-state index in [0.717, 1.165) is 42.1 Å². The van der Waals surface area contributed by atoms with Crippen LogP contribution in [0.4, 0.5) is 16.2 Å². The van der Waals surface area contributed by atoms with Gasteiger partial charge in [0.2, 0.25) is 0 Å². The molecule has 1 aliphatic rings. The molecule has 24 heavy (non-hydrogen) atoms. The zero-order valence-electron chi connectivity index (χ0n) is 14.6. The van der Waals surface area contributed by atoms with Crippen LogP contribution in [0.15, 0.2) is 22.7 Å². The first-order valence-corrected chi connectivity index (χ1v) is 8.30. The van der Waals surface area contributed by atoms with Gasteiger partial charge in [0, 0.05) is 30.5 Å². The lowest BCUT2D eigenvalue weighted by Crippen LogP contribution is -2.31. The van der Waals surface area contributed by atoms with Gasteiger partial charge < -0.3 is 20.1 Å². The summed E-state index contributed by atoms with van der Waals surface area (Å²) in [6, 6.07) is 5.68. The first-order valence-electron chi connectivity index (χ1n) is 8.30. The summed E-state index contributed by atoms with van der Waals surface area (Å²) in [5.74, 6) is 0.733. The molecule has 0 fully saturated rings. The number of anilines is 2. The summed E-state index contributed by atoms with van der Waals surface area (Å²) in [7, 11) is 2.10. The topological polar surface area (TPSA) is 70.4 Å². The molecule has 2 heterocycles. The normalized spacial score (nSPS) is 14.9. The van der Waals surface area contributed by atoms with Gasteiger partial charge in [-0.2, -0.15) is 0 Å². The predicted octanol–water partition coefficient (Wildman–Crippen LogP) is 3.56. The summed E-state index contributed by atoms with van der Waals surface area (Å²) in [5.41, 5.74) is 5.07. The Bertz CT molecular complexity index is 734. The molecule has 1 atom stereocenters. The Labute approximate surface area is 142 Å². The van der Waals surface area contributed by atoms with Crippen molar-refractivity contribution in [3.63, 3.8) is 0 Å². The quantitative estimate of drug-likeness (QED) is 0.904. The van der Waals surface area contributed by atoms with Gasteiger partial charge in [0.15, 0.2) is 0 Å². The number of carbonyl (C=O) groups is 1. The Hall–Kier alpha value is -2.50. The van der Waals surface area contributed by atoms with Crippen LogP contribution in [-0.4, -0.2) is 24.8 Å². The highest BCUT2D eigenvalue weighted by Gasteiger charge is 2.19. The molecule has 2 aromatic rings. The van der Waals surface area contributed by atoms with Crippen LogP contribution < -0.4 is 15.5 Å². The van der Waals surface area contributed by atoms with Crippen molar-refractivity contribution in [3.05, 3.63) is 40.8 Å². The largest absolute Gasteiger partial charge is 0.374 e. The molecular weight excluding hydrogens is 304 g/mol. The maximum Gasteiger partial charge on any atom is 0.319 e. The molecule has 1 aromatic heterocycles. The average Bonchev–Trinajstić information content (AvgIpc) is 2.86. The summed E-state index contributed by atoms with van der Waals surface area (Å²) in [6.45, 7) is 6.73. The zero-order chi connectivity index (χ0) is 17.3. The molecular formula is C18H24N4O2. The van der Waals surface area contributed by atoms with Crippen molar-refractivity contribution < 1.29 is 9.32 Å². The molecule has 0 spiro atoms. The van der Waals surface area contributed by atoms with E-state index in [1.807, 2.05) is 26.8 Å². The molecule has 0 saturated carbocycles. The monoisotopic (exact) mass is 328 g/mol. The molecule has 2 N–H and O–H groups in total. The van der Waals surface area contributed by atoms with E-state index < -0.39 is 0 Å². The number of hydrogen-bond acceptors (Lipinski definition) is 4. The highest BCUT2D eigenvalue weighted by atomic mass is 16.5. The van der Waals surface area contributed by atoms with E-state index in [-0.39, 0.29) is 12.1 Å². The van der Waals surface area contributed by atoms with Crippen molar-refractivity contribution in [2.45, 2.75) is 39.7 Å². The second kappa shape index (κ2) is 6.55. The van der Waals surface area contributed by atoms with Crippen LogP contribution in [0.25, 0.3) is 0 Å². The number of carbonyl (C=O) groups excluding carboxylic acids is 1. The zero-order valence-corrected chi connectivity index (χ0v) is 14.6. The first kappa shape index (κ1) is 16.4. The van der Waals surface area contributed by atoms with E-state index in [0.29, 0.717) is 0 Å². The summed E-state index contributed by atoms with van der Waals surface area (Å²) in [5, 5.41) is 9.79. The number of urea groups is 1. The van der Waals surface area contributed by atoms with Crippen molar-refractivity contribution in [2.24, 2.45) is 0 Å². The third-order valence-electron chi connectivity index (χ3n) is 4.56. The lowest BCUT2D eigenvalue weighted by Gasteiger charge is -2.27. The minimum atomic E-state index is -0.230. The van der Waals surface area contributed by atoms with Gasteiger partial charge in [0.1, 0.15) is 5.76 Å². The number of fused-ring (bicyclic) bond motifs is 1. The summed E-state index contributed by atoms with van der Waals surface area (Å²) < 4.78 is 5.16. The number of hydrogen-bond donors (Lipinski definition) is 2. The third kappa shape index (κ3) is 3.22. The predicted molar refractivity (Wildman–Crippen MR) is 94.6 cm³/mol. The summed E-state index contributed by atoms with van der Waals surface area (Å²) in [4.78, 5) is 14.5. The van der Waals surface area contributed by atoms with Crippen molar-refractivity contribution in [2.75, 3.05) is 23.8 Å². The van der Waals surface area contributed by atoms with Crippen LogP contribution in [0.1, 0.15) is 42.0 Å². The Morgan fingerprint density at radius 1 is 1.38 bits per heavy atom. The number of aryl methyl sites for hydroxylation is 3. The number of nitrogens with zero attached hydrogens (tertiary/aromatic N) is 2. The Morgan fingerprint density at radius 3 is 2.88 bits per heavy atom. The van der Waals surface area contributed by atoms with Gasteiger partial charge in [-0.15, -0.1) is 0 Å². The van der Waals surface area contributed by atoms with E-state index in [9.17, 15) is 4.79 Å². The fourth-order valence-electron chi connectivity index (χ4n) is 3.41. The van der Waals surface area contributed by atoms with Crippen LogP contribution in [0.5, 0.6) is 0 Å². The van der Waals surface area contributed by atoms with Crippen molar-refractivity contribution in [1.29, 1.82) is 0 Å². The molecule has 0 saturated heterocycles. The Morgan fingerprint density at radius 2 is 2.17 bits per heavy atom. The molecule has 2 amide bonds. The maximum absolute atomic E-state index is 12.3. The first-order chi connectivity index (χ1) is 11.5. The fraction of sp³-hybridized carbons (Fsp3) is 0.444. The third-order valence-corrected chi connectivity index (χ3v) is 4.56. The second-order valence-corrected chi connectivity index (χ2v) is 6.43. The molecule has 0 radical (unpaired) electrons. The molecule has 1 aliphatic heterocycles.